The molecule has 2 aliphatic rings. The van der Waals surface area contributed by atoms with Crippen LogP contribution in [0.4, 0.5) is 0 Å². The molecule has 2 heterocycles. The van der Waals surface area contributed by atoms with E-state index in [1.807, 2.05) is 13.8 Å². The van der Waals surface area contributed by atoms with Crippen LogP contribution in [0.5, 0.6) is 0 Å². The Kier molecular flexibility index (Phi) is 4.22. The monoisotopic (exact) mass is 254 g/mol. The quantitative estimate of drug-likeness (QED) is 0.790. The van der Waals surface area contributed by atoms with Crippen molar-refractivity contribution < 1.29 is 14.3 Å². The van der Waals surface area contributed by atoms with Gasteiger partial charge in [-0.25, -0.2) is 0 Å². The minimum absolute atomic E-state index is 0.0112. The van der Waals surface area contributed by atoms with Crippen molar-refractivity contribution in [2.45, 2.75) is 32.7 Å². The first kappa shape index (κ1) is 13.3. The molecule has 2 fully saturated rings. The zero-order chi connectivity index (χ0) is 13.1. The van der Waals surface area contributed by atoms with Crippen LogP contribution in [0.3, 0.4) is 0 Å². The van der Waals surface area contributed by atoms with E-state index in [2.05, 4.69) is 5.32 Å². The van der Waals surface area contributed by atoms with Gasteiger partial charge in [0.25, 0.3) is 0 Å². The summed E-state index contributed by atoms with van der Waals surface area (Å²) in [6.45, 7) is 6.35. The van der Waals surface area contributed by atoms with Crippen molar-refractivity contribution in [1.82, 2.24) is 10.2 Å². The third kappa shape index (κ3) is 2.66. The summed E-state index contributed by atoms with van der Waals surface area (Å²) in [5.41, 5.74) is 0. The van der Waals surface area contributed by atoms with Gasteiger partial charge in [-0.1, -0.05) is 20.3 Å². The van der Waals surface area contributed by atoms with Gasteiger partial charge >= 0.3 is 0 Å². The number of rotatable bonds is 4. The lowest BCUT2D eigenvalue weighted by Gasteiger charge is -2.39. The zero-order valence-electron chi connectivity index (χ0n) is 11.1. The lowest BCUT2D eigenvalue weighted by atomic mass is 9.93. The number of amides is 2. The summed E-state index contributed by atoms with van der Waals surface area (Å²) in [6.07, 6.45) is 1.88. The van der Waals surface area contributed by atoms with Crippen LogP contribution in [-0.2, 0) is 14.3 Å². The van der Waals surface area contributed by atoms with E-state index in [0.717, 1.165) is 19.4 Å². The second kappa shape index (κ2) is 5.69. The Balaban J connectivity index is 2.09. The van der Waals surface area contributed by atoms with Crippen LogP contribution in [0.2, 0.25) is 0 Å². The maximum absolute atomic E-state index is 12.0. The first-order valence-electron chi connectivity index (χ1n) is 6.78. The van der Waals surface area contributed by atoms with Gasteiger partial charge in [0.15, 0.2) is 0 Å². The van der Waals surface area contributed by atoms with Crippen LogP contribution >= 0.6 is 0 Å². The molecule has 0 aliphatic carbocycles. The molecule has 0 radical (unpaired) electrons. The molecule has 1 N–H and O–H groups in total. The van der Waals surface area contributed by atoms with Crippen LogP contribution < -0.4 is 5.32 Å². The summed E-state index contributed by atoms with van der Waals surface area (Å²) in [7, 11) is 0. The molecule has 5 nitrogen and oxygen atoms in total. The fraction of sp³-hybridized carbons (Fsp3) is 0.846. The normalized spacial score (nSPS) is 30.4. The number of carbonyl (C=O) groups is 2. The number of piperazine rings is 1. The summed E-state index contributed by atoms with van der Waals surface area (Å²) in [4.78, 5) is 25.8. The van der Waals surface area contributed by atoms with Crippen molar-refractivity contribution in [2.75, 3.05) is 26.3 Å². The SMILES string of the molecule is CCC(C)C1C(=O)NCC(=O)N1CC1CCOC1. The predicted molar refractivity (Wildman–Crippen MR) is 66.9 cm³/mol. The Morgan fingerprint density at radius 3 is 2.89 bits per heavy atom. The molecular weight excluding hydrogens is 232 g/mol. The molecular formula is C13H22N2O3. The van der Waals surface area contributed by atoms with Gasteiger partial charge in [0.1, 0.15) is 6.04 Å². The number of nitrogens with zero attached hydrogens (tertiary/aromatic N) is 1. The largest absolute Gasteiger partial charge is 0.381 e. The topological polar surface area (TPSA) is 58.6 Å². The number of hydrogen-bond acceptors (Lipinski definition) is 3. The molecule has 0 aromatic rings. The van der Waals surface area contributed by atoms with E-state index < -0.39 is 0 Å². The molecule has 0 aromatic carbocycles. The van der Waals surface area contributed by atoms with Gasteiger partial charge in [0, 0.05) is 19.1 Å². The Hall–Kier alpha value is -1.10. The van der Waals surface area contributed by atoms with Gasteiger partial charge in [0.2, 0.25) is 11.8 Å². The Bertz CT molecular complexity index is 326. The van der Waals surface area contributed by atoms with Gasteiger partial charge in [-0.15, -0.1) is 0 Å². The van der Waals surface area contributed by atoms with Crippen LogP contribution in [0, 0.1) is 11.8 Å². The Labute approximate surface area is 108 Å². The molecule has 2 rings (SSSR count). The van der Waals surface area contributed by atoms with Gasteiger partial charge < -0.3 is 15.0 Å². The molecule has 0 bridgehead atoms. The predicted octanol–water partition coefficient (Wildman–Crippen LogP) is 0.396. The first-order chi connectivity index (χ1) is 8.63. The highest BCUT2D eigenvalue weighted by atomic mass is 16.5. The highest BCUT2D eigenvalue weighted by Crippen LogP contribution is 2.22. The maximum Gasteiger partial charge on any atom is 0.243 e. The third-order valence-electron chi connectivity index (χ3n) is 4.00. The number of nitrogens with one attached hydrogen (secondary N) is 1. The maximum atomic E-state index is 12.0. The van der Waals surface area contributed by atoms with Crippen LogP contribution in [0.25, 0.3) is 0 Å². The molecule has 2 aliphatic heterocycles. The van der Waals surface area contributed by atoms with E-state index in [0.29, 0.717) is 19.1 Å². The molecule has 0 spiro atoms. The van der Waals surface area contributed by atoms with Crippen molar-refractivity contribution in [3.63, 3.8) is 0 Å². The van der Waals surface area contributed by atoms with E-state index in [-0.39, 0.29) is 30.3 Å². The molecule has 0 aromatic heterocycles. The van der Waals surface area contributed by atoms with Crippen molar-refractivity contribution in [2.24, 2.45) is 11.8 Å². The fourth-order valence-electron chi connectivity index (χ4n) is 2.68. The lowest BCUT2D eigenvalue weighted by molar-refractivity contribution is -0.148. The van der Waals surface area contributed by atoms with Crippen molar-refractivity contribution in [1.29, 1.82) is 0 Å². The molecule has 3 unspecified atom stereocenters. The van der Waals surface area contributed by atoms with E-state index in [1.54, 1.807) is 4.90 Å². The second-order valence-corrected chi connectivity index (χ2v) is 5.32. The van der Waals surface area contributed by atoms with E-state index in [4.69, 9.17) is 4.74 Å². The van der Waals surface area contributed by atoms with E-state index in [1.165, 1.54) is 0 Å². The van der Waals surface area contributed by atoms with Crippen molar-refractivity contribution in [3.05, 3.63) is 0 Å². The standard InChI is InChI=1S/C13H22N2O3/c1-3-9(2)12-13(17)14-6-11(16)15(12)7-10-4-5-18-8-10/h9-10,12H,3-8H2,1-2H3,(H,14,17). The van der Waals surface area contributed by atoms with Crippen molar-refractivity contribution in [3.8, 4) is 0 Å². The highest BCUT2D eigenvalue weighted by molar-refractivity contribution is 5.95. The number of carbonyl (C=O) groups excluding carboxylic acids is 2. The highest BCUT2D eigenvalue weighted by Gasteiger charge is 2.38. The van der Waals surface area contributed by atoms with Gasteiger partial charge in [0.05, 0.1) is 13.2 Å². The minimum Gasteiger partial charge on any atom is -0.381 e. The summed E-state index contributed by atoms with van der Waals surface area (Å²) >= 11 is 0. The smallest absolute Gasteiger partial charge is 0.243 e. The van der Waals surface area contributed by atoms with E-state index >= 15 is 0 Å². The second-order valence-electron chi connectivity index (χ2n) is 5.32. The Morgan fingerprint density at radius 2 is 2.28 bits per heavy atom. The minimum atomic E-state index is -0.308. The van der Waals surface area contributed by atoms with Gasteiger partial charge in [-0.3, -0.25) is 9.59 Å². The molecule has 102 valence electrons. The average Bonchev–Trinajstić information content (AvgIpc) is 2.86. The average molecular weight is 254 g/mol. The van der Waals surface area contributed by atoms with Gasteiger partial charge in [-0.05, 0) is 12.3 Å². The molecule has 3 atom stereocenters. The first-order valence-corrected chi connectivity index (χ1v) is 6.78. The van der Waals surface area contributed by atoms with E-state index in [9.17, 15) is 9.59 Å². The summed E-state index contributed by atoms with van der Waals surface area (Å²) in [5.74, 6) is 0.595. The van der Waals surface area contributed by atoms with Crippen LogP contribution in [0.1, 0.15) is 26.7 Å². The summed E-state index contributed by atoms with van der Waals surface area (Å²) < 4.78 is 5.34. The molecule has 2 saturated heterocycles. The molecule has 0 saturated carbocycles. The molecule has 18 heavy (non-hydrogen) atoms. The van der Waals surface area contributed by atoms with Crippen LogP contribution in [0.15, 0.2) is 0 Å². The molecule has 2 amide bonds. The Morgan fingerprint density at radius 1 is 1.50 bits per heavy atom. The van der Waals surface area contributed by atoms with Gasteiger partial charge in [-0.2, -0.15) is 0 Å². The summed E-state index contributed by atoms with van der Waals surface area (Å²) in [5, 5.41) is 2.69. The van der Waals surface area contributed by atoms with Crippen molar-refractivity contribution >= 4 is 11.8 Å². The number of hydrogen-bond donors (Lipinski definition) is 1. The summed E-state index contributed by atoms with van der Waals surface area (Å²) in [6, 6.07) is -0.308. The number of ether oxygens (including phenoxy) is 1. The fourth-order valence-corrected chi connectivity index (χ4v) is 2.68. The lowest BCUT2D eigenvalue weighted by Crippen LogP contribution is -2.61. The molecule has 5 heteroatoms. The van der Waals surface area contributed by atoms with Crippen LogP contribution in [-0.4, -0.2) is 49.1 Å². The zero-order valence-corrected chi connectivity index (χ0v) is 11.1. The third-order valence-corrected chi connectivity index (χ3v) is 4.00.